The van der Waals surface area contributed by atoms with E-state index in [2.05, 4.69) is 19.9 Å². The average Bonchev–Trinajstić information content (AvgIpc) is 3.10. The third kappa shape index (κ3) is 4.12. The minimum absolute atomic E-state index is 0.00313. The number of benzene rings is 1. The molecule has 1 aromatic heterocycles. The molecule has 0 spiro atoms. The second-order valence-corrected chi connectivity index (χ2v) is 6.49. The van der Waals surface area contributed by atoms with Crippen LogP contribution in [0.3, 0.4) is 0 Å². The highest BCUT2D eigenvalue weighted by Crippen LogP contribution is 2.31. The molecule has 0 amide bonds. The summed E-state index contributed by atoms with van der Waals surface area (Å²) in [6.45, 7) is 3.03. The van der Waals surface area contributed by atoms with Gasteiger partial charge >= 0.3 is 11.9 Å². The highest BCUT2D eigenvalue weighted by atomic mass is 32.1. The monoisotopic (exact) mass is 377 g/mol. The number of morpholine rings is 1. The van der Waals surface area contributed by atoms with Crippen molar-refractivity contribution in [3.8, 4) is 0 Å². The fraction of sp³-hybridized carbons (Fsp3) is 0.353. The van der Waals surface area contributed by atoms with Crippen molar-refractivity contribution in [2.45, 2.75) is 0 Å². The van der Waals surface area contributed by atoms with Crippen LogP contribution in [0.15, 0.2) is 30.0 Å². The Hall–Kier alpha value is -2.65. The number of aromatic nitrogens is 1. The summed E-state index contributed by atoms with van der Waals surface area (Å²) >= 11 is 1.57. The van der Waals surface area contributed by atoms with E-state index in [-0.39, 0.29) is 5.70 Å². The summed E-state index contributed by atoms with van der Waals surface area (Å²) in [5.74, 6) is -1.31. The quantitative estimate of drug-likeness (QED) is 0.623. The Morgan fingerprint density at radius 3 is 2.73 bits per heavy atom. The van der Waals surface area contributed by atoms with E-state index >= 15 is 0 Å². The summed E-state index contributed by atoms with van der Waals surface area (Å²) in [6.07, 6.45) is 1.06. The van der Waals surface area contributed by atoms with Gasteiger partial charge in [0.25, 0.3) is 0 Å². The normalized spacial score (nSPS) is 15.0. The van der Waals surface area contributed by atoms with E-state index in [0.29, 0.717) is 18.9 Å². The van der Waals surface area contributed by atoms with E-state index in [9.17, 15) is 9.59 Å². The zero-order valence-electron chi connectivity index (χ0n) is 14.5. The topological polar surface area (TPSA) is 90.0 Å². The van der Waals surface area contributed by atoms with Crippen molar-refractivity contribution in [1.29, 1.82) is 0 Å². The number of carbonyl (C=O) groups is 2. The highest BCUT2D eigenvalue weighted by Gasteiger charge is 2.17. The van der Waals surface area contributed by atoms with Crippen LogP contribution in [0, 0.1) is 0 Å². The Kier molecular flexibility index (Phi) is 5.69. The number of carbonyl (C=O) groups excluding carboxylic acids is 2. The van der Waals surface area contributed by atoms with Gasteiger partial charge < -0.3 is 24.4 Å². The van der Waals surface area contributed by atoms with Crippen LogP contribution < -0.4 is 10.2 Å². The Labute approximate surface area is 154 Å². The van der Waals surface area contributed by atoms with E-state index in [1.807, 2.05) is 12.1 Å². The van der Waals surface area contributed by atoms with Crippen molar-refractivity contribution in [3.05, 3.63) is 30.0 Å². The van der Waals surface area contributed by atoms with Gasteiger partial charge in [-0.05, 0) is 18.2 Å². The van der Waals surface area contributed by atoms with Gasteiger partial charge in [-0.15, -0.1) is 0 Å². The molecule has 0 unspecified atom stereocenters. The van der Waals surface area contributed by atoms with Crippen LogP contribution in [0.1, 0.15) is 0 Å². The number of thiazole rings is 1. The molecule has 9 heteroatoms. The minimum Gasteiger partial charge on any atom is -0.466 e. The van der Waals surface area contributed by atoms with Crippen LogP contribution in [0.5, 0.6) is 0 Å². The summed E-state index contributed by atoms with van der Waals surface area (Å²) in [5.41, 5.74) is 1.52. The SMILES string of the molecule is COC(=O)/C=C(/Nc1ccc2nc(N3CCOCC3)sc2c1)C(=O)OC. The van der Waals surface area contributed by atoms with E-state index in [1.165, 1.54) is 14.2 Å². The molecule has 0 radical (unpaired) electrons. The number of esters is 2. The largest absolute Gasteiger partial charge is 0.466 e. The first kappa shape index (κ1) is 18.2. The second-order valence-electron chi connectivity index (χ2n) is 5.48. The molecule has 8 nitrogen and oxygen atoms in total. The Morgan fingerprint density at radius 1 is 1.27 bits per heavy atom. The lowest BCUT2D eigenvalue weighted by molar-refractivity contribution is -0.138. The van der Waals surface area contributed by atoms with Crippen LogP contribution in [0.25, 0.3) is 10.2 Å². The number of rotatable bonds is 5. The molecule has 0 atom stereocenters. The van der Waals surface area contributed by atoms with Crippen molar-refractivity contribution in [2.75, 3.05) is 50.7 Å². The van der Waals surface area contributed by atoms with Gasteiger partial charge in [0, 0.05) is 18.8 Å². The molecule has 1 aliphatic rings. The van der Waals surface area contributed by atoms with Crippen LogP contribution in [-0.4, -0.2) is 57.4 Å². The lowest BCUT2D eigenvalue weighted by Crippen LogP contribution is -2.36. The molecule has 0 bridgehead atoms. The van der Waals surface area contributed by atoms with Gasteiger partial charge in [0.05, 0.1) is 43.7 Å². The van der Waals surface area contributed by atoms with Gasteiger partial charge in [-0.1, -0.05) is 11.3 Å². The number of fused-ring (bicyclic) bond motifs is 1. The number of anilines is 2. The molecular weight excluding hydrogens is 358 g/mol. The molecule has 1 saturated heterocycles. The summed E-state index contributed by atoms with van der Waals surface area (Å²) in [5, 5.41) is 3.85. The maximum atomic E-state index is 11.9. The molecule has 1 aromatic carbocycles. The second kappa shape index (κ2) is 8.15. The number of hydrogen-bond donors (Lipinski definition) is 1. The van der Waals surface area contributed by atoms with Crippen molar-refractivity contribution in [2.24, 2.45) is 0 Å². The molecule has 0 aliphatic carbocycles. The molecule has 138 valence electrons. The number of methoxy groups -OCH3 is 2. The van der Waals surface area contributed by atoms with Crippen molar-refractivity contribution in [3.63, 3.8) is 0 Å². The van der Waals surface area contributed by atoms with Crippen molar-refractivity contribution < 1.29 is 23.8 Å². The van der Waals surface area contributed by atoms with Crippen LogP contribution in [-0.2, 0) is 23.8 Å². The van der Waals surface area contributed by atoms with Crippen LogP contribution >= 0.6 is 11.3 Å². The fourth-order valence-electron chi connectivity index (χ4n) is 2.47. The summed E-state index contributed by atoms with van der Waals surface area (Å²) < 4.78 is 15.6. The van der Waals surface area contributed by atoms with E-state index in [4.69, 9.17) is 9.47 Å². The fourth-order valence-corrected chi connectivity index (χ4v) is 3.52. The lowest BCUT2D eigenvalue weighted by atomic mass is 10.2. The molecule has 0 saturated carbocycles. The molecule has 2 aromatic rings. The Bertz CT molecular complexity index is 842. The van der Waals surface area contributed by atoms with Crippen LogP contribution in [0.2, 0.25) is 0 Å². The number of nitrogens with zero attached hydrogens (tertiary/aromatic N) is 2. The maximum absolute atomic E-state index is 11.9. The highest BCUT2D eigenvalue weighted by molar-refractivity contribution is 7.22. The predicted molar refractivity (Wildman–Crippen MR) is 98.4 cm³/mol. The van der Waals surface area contributed by atoms with Crippen LogP contribution in [0.4, 0.5) is 10.8 Å². The molecule has 1 N–H and O–H groups in total. The van der Waals surface area contributed by atoms with Gasteiger partial charge in [-0.3, -0.25) is 0 Å². The van der Waals surface area contributed by atoms with Crippen molar-refractivity contribution in [1.82, 2.24) is 4.98 Å². The van der Waals surface area contributed by atoms with Gasteiger partial charge in [0.15, 0.2) is 5.13 Å². The zero-order valence-corrected chi connectivity index (χ0v) is 15.3. The first-order chi connectivity index (χ1) is 12.6. The predicted octanol–water partition coefficient (Wildman–Crippen LogP) is 1.77. The maximum Gasteiger partial charge on any atom is 0.354 e. The number of nitrogens with one attached hydrogen (secondary N) is 1. The summed E-state index contributed by atoms with van der Waals surface area (Å²) in [6, 6.07) is 5.54. The van der Waals surface area contributed by atoms with Gasteiger partial charge in [0.1, 0.15) is 5.70 Å². The Morgan fingerprint density at radius 2 is 2.04 bits per heavy atom. The summed E-state index contributed by atoms with van der Waals surface area (Å²) in [4.78, 5) is 30.1. The van der Waals surface area contributed by atoms with Gasteiger partial charge in [-0.2, -0.15) is 0 Å². The lowest BCUT2D eigenvalue weighted by Gasteiger charge is -2.25. The number of hydrogen-bond acceptors (Lipinski definition) is 9. The van der Waals surface area contributed by atoms with E-state index in [0.717, 1.165) is 34.5 Å². The molecule has 1 aliphatic heterocycles. The number of ether oxygens (including phenoxy) is 3. The first-order valence-electron chi connectivity index (χ1n) is 7.99. The summed E-state index contributed by atoms with van der Waals surface area (Å²) in [7, 11) is 2.49. The standard InChI is InChI=1S/C17H19N3O5S/c1-23-15(21)10-13(16(22)24-2)18-11-3-4-12-14(9-11)26-17(19-12)20-5-7-25-8-6-20/h3-4,9-10,18H,5-8H2,1-2H3/b13-10+. The molecule has 1 fully saturated rings. The van der Waals surface area contributed by atoms with E-state index in [1.54, 1.807) is 17.4 Å². The molecular formula is C17H19N3O5S. The molecule has 2 heterocycles. The zero-order chi connectivity index (χ0) is 18.5. The van der Waals surface area contributed by atoms with Gasteiger partial charge in [0.2, 0.25) is 0 Å². The van der Waals surface area contributed by atoms with E-state index < -0.39 is 11.9 Å². The average molecular weight is 377 g/mol. The third-order valence-corrected chi connectivity index (χ3v) is 4.89. The smallest absolute Gasteiger partial charge is 0.354 e. The molecule has 3 rings (SSSR count). The third-order valence-electron chi connectivity index (χ3n) is 3.81. The first-order valence-corrected chi connectivity index (χ1v) is 8.80. The molecule has 26 heavy (non-hydrogen) atoms. The van der Waals surface area contributed by atoms with Gasteiger partial charge in [-0.25, -0.2) is 14.6 Å². The van der Waals surface area contributed by atoms with Crippen molar-refractivity contribution >= 4 is 44.3 Å². The Balaban J connectivity index is 1.84. The minimum atomic E-state index is -0.659.